The Morgan fingerprint density at radius 1 is 0.933 bits per heavy atom. The molecule has 0 aromatic heterocycles. The van der Waals surface area contributed by atoms with E-state index in [9.17, 15) is 9.59 Å². The van der Waals surface area contributed by atoms with Crippen LogP contribution < -0.4 is 20.1 Å². The molecule has 2 amide bonds. The molecule has 0 fully saturated rings. The van der Waals surface area contributed by atoms with Gasteiger partial charge in [-0.05, 0) is 36.4 Å². The molecule has 0 heterocycles. The molecule has 3 aromatic carbocycles. The number of hydrogen-bond acceptors (Lipinski definition) is 4. The fourth-order valence-corrected chi connectivity index (χ4v) is 2.91. The molecule has 2 N–H and O–H groups in total. The van der Waals surface area contributed by atoms with E-state index in [0.29, 0.717) is 33.5 Å². The lowest BCUT2D eigenvalue weighted by Gasteiger charge is -2.12. The largest absolute Gasteiger partial charge is 0.497 e. The minimum absolute atomic E-state index is 0.108. The van der Waals surface area contributed by atoms with E-state index in [4.69, 9.17) is 21.1 Å². The fourth-order valence-electron chi connectivity index (χ4n) is 2.72. The van der Waals surface area contributed by atoms with Crippen LogP contribution in [0.15, 0.2) is 72.8 Å². The molecule has 0 bridgehead atoms. The third-order valence-corrected chi connectivity index (χ3v) is 4.51. The Bertz CT molecular complexity index is 1040. The number of amides is 2. The zero-order chi connectivity index (χ0) is 21.3. The van der Waals surface area contributed by atoms with E-state index in [1.54, 1.807) is 79.9 Å². The number of anilines is 2. The minimum atomic E-state index is -0.341. The second-order valence-corrected chi connectivity index (χ2v) is 6.72. The van der Waals surface area contributed by atoms with Crippen LogP contribution in [0.25, 0.3) is 0 Å². The molecular weight excluding hydrogens is 404 g/mol. The number of hydrogen-bond donors (Lipinski definition) is 2. The molecule has 0 spiro atoms. The maximum absolute atomic E-state index is 12.7. The highest BCUT2D eigenvalue weighted by Gasteiger charge is 2.14. The molecule has 0 aliphatic rings. The Morgan fingerprint density at radius 2 is 1.70 bits per heavy atom. The Hall–Kier alpha value is -3.51. The summed E-state index contributed by atoms with van der Waals surface area (Å²) in [6.07, 6.45) is 0.108. The van der Waals surface area contributed by atoms with Gasteiger partial charge in [-0.3, -0.25) is 9.59 Å². The first-order valence-corrected chi connectivity index (χ1v) is 9.66. The molecule has 0 aliphatic carbocycles. The molecule has 0 atom stereocenters. The molecule has 6 nitrogen and oxygen atoms in total. The van der Waals surface area contributed by atoms with Crippen molar-refractivity contribution in [2.24, 2.45) is 0 Å². The lowest BCUT2D eigenvalue weighted by atomic mass is 10.1. The summed E-state index contributed by atoms with van der Waals surface area (Å²) in [6, 6.07) is 20.9. The van der Waals surface area contributed by atoms with Crippen LogP contribution in [0, 0.1) is 0 Å². The van der Waals surface area contributed by atoms with Crippen LogP contribution in [0.3, 0.4) is 0 Å². The van der Waals surface area contributed by atoms with Gasteiger partial charge >= 0.3 is 0 Å². The van der Waals surface area contributed by atoms with Gasteiger partial charge in [0, 0.05) is 11.8 Å². The van der Waals surface area contributed by atoms with Crippen molar-refractivity contribution in [1.29, 1.82) is 0 Å². The average Bonchev–Trinajstić information content (AvgIpc) is 2.75. The van der Waals surface area contributed by atoms with Gasteiger partial charge in [0.25, 0.3) is 5.91 Å². The zero-order valence-corrected chi connectivity index (χ0v) is 17.1. The van der Waals surface area contributed by atoms with E-state index < -0.39 is 0 Å². The molecule has 0 aliphatic heterocycles. The van der Waals surface area contributed by atoms with Gasteiger partial charge in [-0.15, -0.1) is 0 Å². The number of nitrogens with one attached hydrogen (secondary N) is 2. The van der Waals surface area contributed by atoms with Crippen molar-refractivity contribution in [3.05, 3.63) is 83.4 Å². The summed E-state index contributed by atoms with van der Waals surface area (Å²) in [6.45, 7) is 0.160. The highest BCUT2D eigenvalue weighted by Crippen LogP contribution is 2.23. The lowest BCUT2D eigenvalue weighted by Crippen LogP contribution is -2.19. The SMILES string of the molecule is COc1cccc(NC(=O)c2ccccc2NC(=O)CCOc2ccccc2Cl)c1. The van der Waals surface area contributed by atoms with Crippen LogP contribution in [-0.2, 0) is 4.79 Å². The highest BCUT2D eigenvalue weighted by molar-refractivity contribution is 6.32. The molecule has 30 heavy (non-hydrogen) atoms. The molecule has 0 saturated carbocycles. The van der Waals surface area contributed by atoms with E-state index >= 15 is 0 Å². The summed E-state index contributed by atoms with van der Waals surface area (Å²) in [5.74, 6) is 0.535. The molecule has 3 rings (SSSR count). The summed E-state index contributed by atoms with van der Waals surface area (Å²) in [5.41, 5.74) is 1.36. The molecule has 7 heteroatoms. The Labute approximate surface area is 179 Å². The summed E-state index contributed by atoms with van der Waals surface area (Å²) in [4.78, 5) is 25.0. The normalized spacial score (nSPS) is 10.2. The van der Waals surface area contributed by atoms with E-state index in [2.05, 4.69) is 10.6 Å². The maximum atomic E-state index is 12.7. The van der Waals surface area contributed by atoms with Gasteiger partial charge in [0.15, 0.2) is 0 Å². The standard InChI is InChI=1S/C23H21ClN2O4/c1-29-17-8-6-7-16(15-17)25-23(28)18-9-2-4-11-20(18)26-22(27)13-14-30-21-12-5-3-10-19(21)24/h2-12,15H,13-14H2,1H3,(H,25,28)(H,26,27). The van der Waals surface area contributed by atoms with Crippen molar-refractivity contribution in [2.75, 3.05) is 24.4 Å². The van der Waals surface area contributed by atoms with Crippen LogP contribution in [0.4, 0.5) is 11.4 Å². The van der Waals surface area contributed by atoms with Gasteiger partial charge < -0.3 is 20.1 Å². The highest BCUT2D eigenvalue weighted by atomic mass is 35.5. The van der Waals surface area contributed by atoms with Crippen molar-refractivity contribution in [3.8, 4) is 11.5 Å². The summed E-state index contributed by atoms with van der Waals surface area (Å²) >= 11 is 6.03. The number of para-hydroxylation sites is 2. The average molecular weight is 425 g/mol. The first-order chi connectivity index (χ1) is 14.6. The number of methoxy groups -OCH3 is 1. The number of rotatable bonds is 8. The minimum Gasteiger partial charge on any atom is -0.497 e. The Balaban J connectivity index is 1.60. The maximum Gasteiger partial charge on any atom is 0.257 e. The number of ether oxygens (including phenoxy) is 2. The van der Waals surface area contributed by atoms with Gasteiger partial charge in [0.1, 0.15) is 11.5 Å². The van der Waals surface area contributed by atoms with Crippen molar-refractivity contribution >= 4 is 34.8 Å². The van der Waals surface area contributed by atoms with Crippen molar-refractivity contribution in [1.82, 2.24) is 0 Å². The van der Waals surface area contributed by atoms with Crippen LogP contribution in [0.2, 0.25) is 5.02 Å². The van der Waals surface area contributed by atoms with Crippen LogP contribution >= 0.6 is 11.6 Å². The lowest BCUT2D eigenvalue weighted by molar-refractivity contribution is -0.116. The predicted octanol–water partition coefficient (Wildman–Crippen LogP) is 5.01. The first-order valence-electron chi connectivity index (χ1n) is 9.28. The number of carbonyl (C=O) groups excluding carboxylic acids is 2. The Morgan fingerprint density at radius 3 is 2.50 bits per heavy atom. The van der Waals surface area contributed by atoms with Crippen LogP contribution in [0.5, 0.6) is 11.5 Å². The smallest absolute Gasteiger partial charge is 0.257 e. The third kappa shape index (κ3) is 5.75. The number of benzene rings is 3. The molecule has 3 aromatic rings. The topological polar surface area (TPSA) is 76.7 Å². The van der Waals surface area contributed by atoms with Gasteiger partial charge in [0.2, 0.25) is 5.91 Å². The molecule has 0 radical (unpaired) electrons. The molecule has 154 valence electrons. The van der Waals surface area contributed by atoms with Crippen molar-refractivity contribution in [3.63, 3.8) is 0 Å². The second-order valence-electron chi connectivity index (χ2n) is 6.31. The summed E-state index contributed by atoms with van der Waals surface area (Å²) < 4.78 is 10.7. The predicted molar refractivity (Wildman–Crippen MR) is 118 cm³/mol. The zero-order valence-electron chi connectivity index (χ0n) is 16.4. The van der Waals surface area contributed by atoms with Gasteiger partial charge in [-0.1, -0.05) is 41.9 Å². The quantitative estimate of drug-likeness (QED) is 0.533. The third-order valence-electron chi connectivity index (χ3n) is 4.20. The molecular formula is C23H21ClN2O4. The number of carbonyl (C=O) groups is 2. The van der Waals surface area contributed by atoms with Gasteiger partial charge in [0.05, 0.1) is 36.4 Å². The van der Waals surface area contributed by atoms with E-state index in [0.717, 1.165) is 0 Å². The van der Waals surface area contributed by atoms with E-state index in [1.807, 2.05) is 0 Å². The molecule has 0 unspecified atom stereocenters. The number of halogens is 1. The molecule has 0 saturated heterocycles. The van der Waals surface area contributed by atoms with Gasteiger partial charge in [-0.2, -0.15) is 0 Å². The summed E-state index contributed by atoms with van der Waals surface area (Å²) in [7, 11) is 1.56. The van der Waals surface area contributed by atoms with Crippen molar-refractivity contribution < 1.29 is 19.1 Å². The van der Waals surface area contributed by atoms with Crippen molar-refractivity contribution in [2.45, 2.75) is 6.42 Å². The fraction of sp³-hybridized carbons (Fsp3) is 0.130. The van der Waals surface area contributed by atoms with Crippen LogP contribution in [0.1, 0.15) is 16.8 Å². The van der Waals surface area contributed by atoms with Crippen LogP contribution in [-0.4, -0.2) is 25.5 Å². The van der Waals surface area contributed by atoms with E-state index in [-0.39, 0.29) is 24.8 Å². The monoisotopic (exact) mass is 424 g/mol. The second kappa shape index (κ2) is 10.3. The summed E-state index contributed by atoms with van der Waals surface area (Å²) in [5, 5.41) is 6.05. The van der Waals surface area contributed by atoms with E-state index in [1.165, 1.54) is 0 Å². The Kier molecular flexibility index (Phi) is 7.29. The first kappa shape index (κ1) is 21.2. The van der Waals surface area contributed by atoms with Gasteiger partial charge in [-0.25, -0.2) is 0 Å².